The number of fused-ring (bicyclic) bond motifs is 4. The van der Waals surface area contributed by atoms with Crippen LogP contribution in [0.5, 0.6) is 5.75 Å². The molecular weight excluding hydrogens is 598 g/mol. The molecule has 1 aromatic carbocycles. The van der Waals surface area contributed by atoms with E-state index in [9.17, 15) is 9.59 Å². The first-order valence-corrected chi connectivity index (χ1v) is 16.9. The van der Waals surface area contributed by atoms with Crippen LogP contribution in [0.4, 0.5) is 26.8 Å². The third-order valence-electron chi connectivity index (χ3n) is 9.48. The minimum Gasteiger partial charge on any atom is -0.486 e. The number of nitrogens with zero attached hydrogens (tertiary/aromatic N) is 5. The van der Waals surface area contributed by atoms with Gasteiger partial charge in [0.05, 0.1) is 24.5 Å². The van der Waals surface area contributed by atoms with E-state index in [1.165, 1.54) is 5.57 Å². The number of likely N-dealkylation sites (tertiary alicyclic amines) is 1. The molecule has 11 heteroatoms. The minimum absolute atomic E-state index is 0.232. The molecule has 2 bridgehead atoms. The fourth-order valence-corrected chi connectivity index (χ4v) is 7.44. The first-order chi connectivity index (χ1) is 22.3. The van der Waals surface area contributed by atoms with Crippen molar-refractivity contribution in [3.8, 4) is 5.75 Å². The molecular formula is C36H47N5O6. The highest BCUT2D eigenvalue weighted by atomic mass is 16.6. The van der Waals surface area contributed by atoms with E-state index in [2.05, 4.69) is 28.0 Å². The largest absolute Gasteiger partial charge is 0.486 e. The number of carbonyl (C=O) groups is 2. The molecule has 2 unspecified atom stereocenters. The standard InChI is InChI=1S/C36H47N5O6/c1-35(2,3)46-33(42)39-20-27(21-39)40-25-8-9-26(40)18-24(17-25)23-7-10-31-30(19-23)41(34(43)47-36(4,5)6)32-28(22-45-31)29(11-12-37-32)38-13-15-44-16-14-38/h7,10-12,17,19,25-27H,8-9,13-16,18,20-22H2,1-6H3. The molecule has 47 heavy (non-hydrogen) atoms. The van der Waals surface area contributed by atoms with Gasteiger partial charge in [-0.1, -0.05) is 12.1 Å². The van der Waals surface area contributed by atoms with E-state index in [0.29, 0.717) is 61.7 Å². The van der Waals surface area contributed by atoms with Crippen molar-refractivity contribution in [2.75, 3.05) is 49.2 Å². The smallest absolute Gasteiger partial charge is 0.420 e. The lowest BCUT2D eigenvalue weighted by molar-refractivity contribution is -0.0235. The van der Waals surface area contributed by atoms with Crippen LogP contribution in [-0.4, -0.2) is 95.7 Å². The number of hydrogen-bond acceptors (Lipinski definition) is 9. The molecule has 0 saturated carbocycles. The summed E-state index contributed by atoms with van der Waals surface area (Å²) in [6.45, 7) is 15.8. The highest BCUT2D eigenvalue weighted by molar-refractivity contribution is 5.99. The molecule has 11 nitrogen and oxygen atoms in total. The first kappa shape index (κ1) is 31.8. The number of morpholine rings is 1. The second-order valence-electron chi connectivity index (χ2n) is 15.2. The molecule has 5 aliphatic heterocycles. The van der Waals surface area contributed by atoms with Crippen molar-refractivity contribution in [1.82, 2.24) is 14.8 Å². The van der Waals surface area contributed by atoms with E-state index in [4.69, 9.17) is 23.9 Å². The highest BCUT2D eigenvalue weighted by Gasteiger charge is 2.46. The van der Waals surface area contributed by atoms with Crippen LogP contribution in [-0.2, 0) is 20.8 Å². The number of hydrogen-bond donors (Lipinski definition) is 0. The summed E-state index contributed by atoms with van der Waals surface area (Å²) in [4.78, 5) is 39.6. The Kier molecular flexibility index (Phi) is 8.11. The average Bonchev–Trinajstić information content (AvgIpc) is 3.13. The van der Waals surface area contributed by atoms with Gasteiger partial charge in [-0.15, -0.1) is 0 Å². The average molecular weight is 646 g/mol. The Labute approximate surface area is 277 Å². The monoisotopic (exact) mass is 645 g/mol. The zero-order valence-electron chi connectivity index (χ0n) is 28.5. The maximum atomic E-state index is 14.0. The van der Waals surface area contributed by atoms with E-state index in [1.807, 2.05) is 58.6 Å². The Bertz CT molecular complexity index is 1570. The maximum Gasteiger partial charge on any atom is 0.420 e. The molecule has 2 aromatic rings. The van der Waals surface area contributed by atoms with Crippen molar-refractivity contribution in [2.24, 2.45) is 0 Å². The molecule has 5 aliphatic rings. The van der Waals surface area contributed by atoms with Gasteiger partial charge in [0.2, 0.25) is 0 Å². The molecule has 6 heterocycles. The number of anilines is 3. The quantitative estimate of drug-likeness (QED) is 0.391. The van der Waals surface area contributed by atoms with Crippen molar-refractivity contribution in [3.05, 3.63) is 47.7 Å². The topological polar surface area (TPSA) is 96.9 Å². The molecule has 252 valence electrons. The molecule has 7 rings (SSSR count). The van der Waals surface area contributed by atoms with E-state index in [0.717, 1.165) is 49.2 Å². The molecule has 3 saturated heterocycles. The van der Waals surface area contributed by atoms with Gasteiger partial charge < -0.3 is 28.7 Å². The van der Waals surface area contributed by atoms with Gasteiger partial charge in [0.25, 0.3) is 0 Å². The Morgan fingerprint density at radius 1 is 0.894 bits per heavy atom. The van der Waals surface area contributed by atoms with Gasteiger partial charge in [-0.3, -0.25) is 4.90 Å². The fourth-order valence-electron chi connectivity index (χ4n) is 7.44. The predicted molar refractivity (Wildman–Crippen MR) is 179 cm³/mol. The molecule has 3 fully saturated rings. The van der Waals surface area contributed by atoms with Gasteiger partial charge in [-0.05, 0) is 90.1 Å². The van der Waals surface area contributed by atoms with E-state index in [-0.39, 0.29) is 12.7 Å². The third kappa shape index (κ3) is 6.39. The maximum absolute atomic E-state index is 14.0. The van der Waals surface area contributed by atoms with Crippen molar-refractivity contribution < 1.29 is 28.5 Å². The fraction of sp³-hybridized carbons (Fsp3) is 0.583. The van der Waals surface area contributed by atoms with E-state index >= 15 is 0 Å². The van der Waals surface area contributed by atoms with Gasteiger partial charge in [0.15, 0.2) is 5.82 Å². The lowest BCUT2D eigenvalue weighted by Gasteiger charge is -2.49. The lowest BCUT2D eigenvalue weighted by atomic mass is 9.91. The summed E-state index contributed by atoms with van der Waals surface area (Å²) in [7, 11) is 0. The Hall–Kier alpha value is -3.83. The summed E-state index contributed by atoms with van der Waals surface area (Å²) in [5, 5.41) is 0. The number of ether oxygens (including phenoxy) is 4. The zero-order valence-corrected chi connectivity index (χ0v) is 28.5. The molecule has 0 N–H and O–H groups in total. The number of aromatic nitrogens is 1. The molecule has 0 radical (unpaired) electrons. The second kappa shape index (κ2) is 12.0. The van der Waals surface area contributed by atoms with Gasteiger partial charge in [-0.25, -0.2) is 19.5 Å². The Balaban J connectivity index is 1.18. The number of pyridine rings is 1. The molecule has 1 aromatic heterocycles. The van der Waals surface area contributed by atoms with Crippen LogP contribution >= 0.6 is 0 Å². The molecule has 0 aliphatic carbocycles. The van der Waals surface area contributed by atoms with Gasteiger partial charge in [-0.2, -0.15) is 0 Å². The van der Waals surface area contributed by atoms with Crippen molar-refractivity contribution >= 4 is 35.0 Å². The van der Waals surface area contributed by atoms with E-state index in [1.54, 1.807) is 11.1 Å². The third-order valence-corrected chi connectivity index (χ3v) is 9.48. The Morgan fingerprint density at radius 2 is 1.62 bits per heavy atom. The van der Waals surface area contributed by atoms with Crippen LogP contribution in [0.2, 0.25) is 0 Å². The summed E-state index contributed by atoms with van der Waals surface area (Å²) in [5.74, 6) is 1.14. The summed E-state index contributed by atoms with van der Waals surface area (Å²) in [5.41, 5.74) is 3.62. The van der Waals surface area contributed by atoms with Crippen LogP contribution < -0.4 is 14.5 Å². The first-order valence-electron chi connectivity index (χ1n) is 16.9. The summed E-state index contributed by atoms with van der Waals surface area (Å²) in [6, 6.07) is 9.18. The molecule has 0 spiro atoms. The summed E-state index contributed by atoms with van der Waals surface area (Å²) >= 11 is 0. The van der Waals surface area contributed by atoms with Crippen molar-refractivity contribution in [3.63, 3.8) is 0 Å². The normalized spacial score (nSPS) is 23.2. The summed E-state index contributed by atoms with van der Waals surface area (Å²) in [6.07, 6.45) is 6.54. The van der Waals surface area contributed by atoms with Crippen LogP contribution in [0.25, 0.3) is 5.57 Å². The van der Waals surface area contributed by atoms with E-state index < -0.39 is 17.3 Å². The van der Waals surface area contributed by atoms with Crippen LogP contribution in [0.3, 0.4) is 0 Å². The second-order valence-corrected chi connectivity index (χ2v) is 15.2. The van der Waals surface area contributed by atoms with Gasteiger partial charge in [0, 0.05) is 56.2 Å². The van der Waals surface area contributed by atoms with Crippen LogP contribution in [0, 0.1) is 0 Å². The number of rotatable bonds is 3. The predicted octanol–water partition coefficient (Wildman–Crippen LogP) is 6.12. The SMILES string of the molecule is CC(C)(C)OC(=O)N1CC(N2C3C=C(c4ccc5c(c4)N(C(=O)OC(C)(C)C)c4nccc(N6CCOCC6)c4CO5)CC2CC3)C1. The highest BCUT2D eigenvalue weighted by Crippen LogP contribution is 2.46. The van der Waals surface area contributed by atoms with Crippen molar-refractivity contribution in [2.45, 2.75) is 96.7 Å². The minimum atomic E-state index is -0.695. The number of amides is 2. The van der Waals surface area contributed by atoms with Gasteiger partial charge >= 0.3 is 12.2 Å². The summed E-state index contributed by atoms with van der Waals surface area (Å²) < 4.78 is 23.6. The number of carbonyl (C=O) groups excluding carboxylic acids is 2. The lowest BCUT2D eigenvalue weighted by Crippen LogP contribution is -2.64. The Morgan fingerprint density at radius 3 is 2.32 bits per heavy atom. The van der Waals surface area contributed by atoms with Crippen LogP contribution in [0.15, 0.2) is 36.5 Å². The van der Waals surface area contributed by atoms with Crippen molar-refractivity contribution in [1.29, 1.82) is 0 Å². The molecule has 2 atom stereocenters. The number of benzene rings is 1. The van der Waals surface area contributed by atoms with Crippen LogP contribution in [0.1, 0.15) is 71.9 Å². The van der Waals surface area contributed by atoms with Gasteiger partial charge in [0.1, 0.15) is 23.6 Å². The zero-order chi connectivity index (χ0) is 33.1. The molecule has 2 amide bonds.